The van der Waals surface area contributed by atoms with E-state index in [4.69, 9.17) is 9.72 Å². The second kappa shape index (κ2) is 9.00. The number of morpholine rings is 1. The van der Waals surface area contributed by atoms with Gasteiger partial charge < -0.3 is 24.8 Å². The Bertz CT molecular complexity index is 944. The van der Waals surface area contributed by atoms with Gasteiger partial charge in [-0.1, -0.05) is 11.3 Å². The molecule has 3 amide bonds. The van der Waals surface area contributed by atoms with Crippen molar-refractivity contribution in [2.45, 2.75) is 25.7 Å². The molecule has 5 rings (SSSR count). The van der Waals surface area contributed by atoms with Crippen LogP contribution in [0.1, 0.15) is 25.7 Å². The third-order valence-corrected chi connectivity index (χ3v) is 7.52. The number of hydrogen-bond donors (Lipinski definition) is 1. The average Bonchev–Trinajstić information content (AvgIpc) is 3.49. The number of ether oxygens (including phenoxy) is 1. The van der Waals surface area contributed by atoms with Crippen molar-refractivity contribution < 1.29 is 14.3 Å². The van der Waals surface area contributed by atoms with Gasteiger partial charge in [-0.2, -0.15) is 0 Å². The minimum absolute atomic E-state index is 0.0468. The van der Waals surface area contributed by atoms with Crippen LogP contribution in [0.3, 0.4) is 0 Å². The van der Waals surface area contributed by atoms with Crippen LogP contribution < -0.4 is 10.2 Å². The zero-order valence-electron chi connectivity index (χ0n) is 17.7. The molecule has 1 aromatic heterocycles. The zero-order valence-corrected chi connectivity index (χ0v) is 18.5. The Morgan fingerprint density at radius 3 is 2.45 bits per heavy atom. The van der Waals surface area contributed by atoms with Gasteiger partial charge in [-0.15, -0.1) is 0 Å². The number of fused-ring (bicyclic) bond motifs is 1. The number of rotatable bonds is 3. The lowest BCUT2D eigenvalue weighted by atomic mass is 9.96. The van der Waals surface area contributed by atoms with Crippen LogP contribution in [0.4, 0.5) is 15.6 Å². The number of piperidine rings is 1. The maximum Gasteiger partial charge on any atom is 0.319 e. The fraction of sp³-hybridized carbons (Fsp3) is 0.591. The van der Waals surface area contributed by atoms with Gasteiger partial charge in [0.25, 0.3) is 0 Å². The molecule has 0 atom stereocenters. The molecule has 0 bridgehead atoms. The van der Waals surface area contributed by atoms with Gasteiger partial charge in [0.2, 0.25) is 5.91 Å². The van der Waals surface area contributed by atoms with E-state index in [1.54, 1.807) is 11.3 Å². The Hall–Kier alpha value is -2.39. The molecule has 31 heavy (non-hydrogen) atoms. The van der Waals surface area contributed by atoms with Crippen LogP contribution >= 0.6 is 11.3 Å². The smallest absolute Gasteiger partial charge is 0.319 e. The highest BCUT2D eigenvalue weighted by Crippen LogP contribution is 2.31. The van der Waals surface area contributed by atoms with Crippen LogP contribution in [0.5, 0.6) is 0 Å². The molecule has 3 saturated heterocycles. The zero-order chi connectivity index (χ0) is 21.2. The fourth-order valence-electron chi connectivity index (χ4n) is 4.57. The monoisotopic (exact) mass is 443 g/mol. The number of aromatic nitrogens is 1. The summed E-state index contributed by atoms with van der Waals surface area (Å²) in [5, 5.41) is 4.10. The summed E-state index contributed by atoms with van der Waals surface area (Å²) in [4.78, 5) is 36.2. The second-order valence-electron chi connectivity index (χ2n) is 8.51. The van der Waals surface area contributed by atoms with Gasteiger partial charge in [0.1, 0.15) is 0 Å². The van der Waals surface area contributed by atoms with Crippen molar-refractivity contribution in [1.82, 2.24) is 14.8 Å². The van der Waals surface area contributed by atoms with Crippen molar-refractivity contribution in [3.8, 4) is 0 Å². The molecule has 2 aromatic rings. The average molecular weight is 444 g/mol. The van der Waals surface area contributed by atoms with Gasteiger partial charge in [0.05, 0.1) is 23.4 Å². The number of anilines is 2. The van der Waals surface area contributed by atoms with Gasteiger partial charge in [-0.3, -0.25) is 4.79 Å². The number of nitrogens with one attached hydrogen (secondary N) is 1. The van der Waals surface area contributed by atoms with E-state index in [-0.39, 0.29) is 17.9 Å². The molecule has 1 aromatic carbocycles. The summed E-state index contributed by atoms with van der Waals surface area (Å²) in [6.45, 7) is 6.25. The van der Waals surface area contributed by atoms with E-state index < -0.39 is 0 Å². The molecule has 0 unspecified atom stereocenters. The number of nitrogens with zero attached hydrogens (tertiary/aromatic N) is 4. The predicted octanol–water partition coefficient (Wildman–Crippen LogP) is 3.00. The Morgan fingerprint density at radius 1 is 1.00 bits per heavy atom. The molecule has 0 spiro atoms. The summed E-state index contributed by atoms with van der Waals surface area (Å²) in [7, 11) is 0. The van der Waals surface area contributed by atoms with E-state index in [1.807, 2.05) is 28.0 Å². The number of hydrogen-bond acceptors (Lipinski definition) is 6. The Morgan fingerprint density at radius 2 is 1.71 bits per heavy atom. The van der Waals surface area contributed by atoms with Crippen LogP contribution in [0.15, 0.2) is 18.2 Å². The topological polar surface area (TPSA) is 78.0 Å². The largest absolute Gasteiger partial charge is 0.378 e. The van der Waals surface area contributed by atoms with Gasteiger partial charge in [-0.25, -0.2) is 9.78 Å². The Balaban J connectivity index is 1.18. The normalized spacial score (nSPS) is 20.5. The lowest BCUT2D eigenvalue weighted by Crippen LogP contribution is -2.47. The van der Waals surface area contributed by atoms with Crippen LogP contribution in [0, 0.1) is 5.92 Å². The highest BCUT2D eigenvalue weighted by molar-refractivity contribution is 7.22. The van der Waals surface area contributed by atoms with E-state index in [0.29, 0.717) is 13.1 Å². The van der Waals surface area contributed by atoms with Gasteiger partial charge >= 0.3 is 6.03 Å². The minimum Gasteiger partial charge on any atom is -0.378 e. The second-order valence-corrected chi connectivity index (χ2v) is 9.51. The summed E-state index contributed by atoms with van der Waals surface area (Å²) in [6, 6.07) is 6.06. The lowest BCUT2D eigenvalue weighted by molar-refractivity contribution is -0.121. The first-order valence-corrected chi connectivity index (χ1v) is 12.1. The number of carbonyl (C=O) groups is 2. The quantitative estimate of drug-likeness (QED) is 0.789. The summed E-state index contributed by atoms with van der Waals surface area (Å²) >= 11 is 1.66. The van der Waals surface area contributed by atoms with Gasteiger partial charge in [0, 0.05) is 50.9 Å². The number of likely N-dealkylation sites (tertiary alicyclic amines) is 2. The van der Waals surface area contributed by atoms with E-state index in [9.17, 15) is 9.59 Å². The first-order chi connectivity index (χ1) is 15.2. The number of thiazole rings is 1. The molecule has 0 saturated carbocycles. The van der Waals surface area contributed by atoms with E-state index >= 15 is 0 Å². The Labute approximate surface area is 186 Å². The molecule has 166 valence electrons. The molecule has 3 aliphatic heterocycles. The molecule has 1 N–H and O–H groups in total. The maximum absolute atomic E-state index is 12.8. The molecule has 3 fully saturated rings. The molecule has 3 aliphatic rings. The molecule has 0 aliphatic carbocycles. The Kier molecular flexibility index (Phi) is 5.95. The third-order valence-electron chi connectivity index (χ3n) is 6.44. The van der Waals surface area contributed by atoms with Crippen molar-refractivity contribution in [3.05, 3.63) is 18.2 Å². The van der Waals surface area contributed by atoms with Crippen LogP contribution in [0.2, 0.25) is 0 Å². The lowest BCUT2D eigenvalue weighted by Gasteiger charge is -2.34. The fourth-order valence-corrected chi connectivity index (χ4v) is 5.62. The van der Waals surface area contributed by atoms with E-state index in [2.05, 4.69) is 10.2 Å². The molecule has 4 heterocycles. The van der Waals surface area contributed by atoms with Gasteiger partial charge in [-0.05, 0) is 43.9 Å². The SMILES string of the molecule is O=C(Nc1ccc2nc(N3CCOCC3)sc2c1)C1CCN(C(=O)N2CCCC2)CC1. The van der Waals surface area contributed by atoms with Crippen molar-refractivity contribution >= 4 is 44.3 Å². The van der Waals surface area contributed by atoms with Crippen molar-refractivity contribution in [3.63, 3.8) is 0 Å². The number of amides is 3. The predicted molar refractivity (Wildman–Crippen MR) is 122 cm³/mol. The van der Waals surface area contributed by atoms with Crippen molar-refractivity contribution in [2.75, 3.05) is 62.7 Å². The minimum atomic E-state index is -0.0521. The summed E-state index contributed by atoms with van der Waals surface area (Å²) in [6.07, 6.45) is 3.64. The standard InChI is InChI=1S/C22H29N5O3S/c28-20(16-5-9-27(10-6-16)22(29)26-7-1-2-8-26)23-17-3-4-18-19(15-17)31-21(24-18)25-11-13-30-14-12-25/h3-4,15-16H,1-2,5-14H2,(H,23,28). The molecule has 9 heteroatoms. The van der Waals surface area contributed by atoms with E-state index in [0.717, 1.165) is 86.1 Å². The summed E-state index contributed by atoms with van der Waals surface area (Å²) in [5.74, 6) is -0.00534. The maximum atomic E-state index is 12.8. The molecule has 0 radical (unpaired) electrons. The highest BCUT2D eigenvalue weighted by Gasteiger charge is 2.30. The number of benzene rings is 1. The number of urea groups is 1. The van der Waals surface area contributed by atoms with Crippen molar-refractivity contribution in [2.24, 2.45) is 5.92 Å². The molecule has 8 nitrogen and oxygen atoms in total. The summed E-state index contributed by atoms with van der Waals surface area (Å²) in [5.41, 5.74) is 1.77. The van der Waals surface area contributed by atoms with Crippen LogP contribution in [-0.2, 0) is 9.53 Å². The number of carbonyl (C=O) groups excluding carboxylic acids is 2. The highest BCUT2D eigenvalue weighted by atomic mass is 32.1. The van der Waals surface area contributed by atoms with Crippen LogP contribution in [-0.4, -0.2) is 79.2 Å². The van der Waals surface area contributed by atoms with E-state index in [1.165, 1.54) is 0 Å². The first kappa shape index (κ1) is 20.5. The molecular weight excluding hydrogens is 414 g/mol. The summed E-state index contributed by atoms with van der Waals surface area (Å²) < 4.78 is 6.50. The van der Waals surface area contributed by atoms with Gasteiger partial charge in [0.15, 0.2) is 5.13 Å². The van der Waals surface area contributed by atoms with Crippen molar-refractivity contribution in [1.29, 1.82) is 0 Å². The molecular formula is C22H29N5O3S. The first-order valence-electron chi connectivity index (χ1n) is 11.3. The third kappa shape index (κ3) is 4.48. The van der Waals surface area contributed by atoms with Crippen LogP contribution in [0.25, 0.3) is 10.2 Å².